The molecule has 0 aliphatic carbocycles. The van der Waals surface area contributed by atoms with Crippen molar-refractivity contribution in [1.82, 2.24) is 15.8 Å². The molecule has 1 aliphatic rings. The Balaban J connectivity index is 1.39. The molecule has 13 heteroatoms. The van der Waals surface area contributed by atoms with E-state index in [9.17, 15) is 29.8 Å². The van der Waals surface area contributed by atoms with Crippen molar-refractivity contribution in [3.63, 3.8) is 0 Å². The van der Waals surface area contributed by atoms with Crippen LogP contribution in [0.2, 0.25) is 0 Å². The number of carbonyl (C=O) groups is 2. The van der Waals surface area contributed by atoms with Crippen LogP contribution in [0.3, 0.4) is 0 Å². The molecule has 1 heterocycles. The second-order valence-corrected chi connectivity index (χ2v) is 7.78. The van der Waals surface area contributed by atoms with Crippen LogP contribution in [0.25, 0.3) is 0 Å². The molecule has 2 N–H and O–H groups in total. The lowest BCUT2D eigenvalue weighted by atomic mass is 9.96. The van der Waals surface area contributed by atoms with Crippen molar-refractivity contribution < 1.29 is 19.4 Å². The molecule has 0 radical (unpaired) electrons. The maximum absolute atomic E-state index is 12.3. The highest BCUT2D eigenvalue weighted by Crippen LogP contribution is 2.17. The summed E-state index contributed by atoms with van der Waals surface area (Å²) in [6.07, 6.45) is 3.76. The maximum Gasteiger partial charge on any atom is 0.270 e. The van der Waals surface area contributed by atoms with E-state index in [1.807, 2.05) is 4.90 Å². The number of carbonyl (C=O) groups excluding carboxylic acids is 2. The first-order chi connectivity index (χ1) is 16.8. The average molecular weight is 481 g/mol. The lowest BCUT2D eigenvalue weighted by Gasteiger charge is -2.30. The molecule has 1 aliphatic heterocycles. The van der Waals surface area contributed by atoms with Crippen LogP contribution in [-0.2, 0) is 9.59 Å². The Hall–Kier alpha value is -4.52. The lowest BCUT2D eigenvalue weighted by molar-refractivity contribution is -0.385. The molecule has 2 aromatic rings. The van der Waals surface area contributed by atoms with Crippen LogP contribution in [0.5, 0.6) is 0 Å². The minimum absolute atomic E-state index is 0.0635. The van der Waals surface area contributed by atoms with Gasteiger partial charge < -0.3 is 0 Å². The summed E-state index contributed by atoms with van der Waals surface area (Å²) >= 11 is 0. The fraction of sp³-hybridized carbons (Fsp3) is 0.273. The molecule has 2 aromatic carbocycles. The topological polar surface area (TPSA) is 172 Å². The molecule has 1 fully saturated rings. The molecule has 0 unspecified atom stereocenters. The molecular weight excluding hydrogens is 458 g/mol. The van der Waals surface area contributed by atoms with Gasteiger partial charge in [0, 0.05) is 41.3 Å². The van der Waals surface area contributed by atoms with Gasteiger partial charge in [0.1, 0.15) is 0 Å². The third-order valence-corrected chi connectivity index (χ3v) is 5.28. The highest BCUT2D eigenvalue weighted by molar-refractivity contribution is 5.84. The molecule has 3 rings (SSSR count). The Morgan fingerprint density at radius 3 is 1.94 bits per heavy atom. The molecular formula is C22H23N7O6. The van der Waals surface area contributed by atoms with Crippen LogP contribution < -0.4 is 10.9 Å². The summed E-state index contributed by atoms with van der Waals surface area (Å²) in [5.74, 6) is -0.850. The second kappa shape index (κ2) is 12.1. The number of rotatable bonds is 9. The van der Waals surface area contributed by atoms with Crippen molar-refractivity contribution in [2.45, 2.75) is 12.8 Å². The minimum atomic E-state index is -0.510. The Labute approximate surface area is 199 Å². The Morgan fingerprint density at radius 2 is 1.43 bits per heavy atom. The Kier molecular flexibility index (Phi) is 8.67. The fourth-order valence-corrected chi connectivity index (χ4v) is 3.47. The molecule has 2 amide bonds. The first-order valence-electron chi connectivity index (χ1n) is 10.7. The van der Waals surface area contributed by atoms with E-state index < -0.39 is 9.85 Å². The Bertz CT molecular complexity index is 1160. The number of likely N-dealkylation sites (tertiary alicyclic amines) is 1. The molecule has 35 heavy (non-hydrogen) atoms. The van der Waals surface area contributed by atoms with E-state index in [1.54, 1.807) is 12.1 Å². The van der Waals surface area contributed by atoms with Crippen molar-refractivity contribution >= 4 is 35.6 Å². The van der Waals surface area contributed by atoms with Gasteiger partial charge in [0.15, 0.2) is 0 Å². The van der Waals surface area contributed by atoms with Gasteiger partial charge in [-0.15, -0.1) is 0 Å². The maximum atomic E-state index is 12.3. The first kappa shape index (κ1) is 25.1. The van der Waals surface area contributed by atoms with Crippen molar-refractivity contribution in [1.29, 1.82) is 0 Å². The summed E-state index contributed by atoms with van der Waals surface area (Å²) in [6.45, 7) is 1.18. The summed E-state index contributed by atoms with van der Waals surface area (Å²) in [5, 5.41) is 29.3. The summed E-state index contributed by atoms with van der Waals surface area (Å²) < 4.78 is 0. The lowest BCUT2D eigenvalue weighted by Crippen LogP contribution is -2.43. The number of nitrogens with zero attached hydrogens (tertiary/aromatic N) is 5. The molecule has 1 saturated heterocycles. The highest BCUT2D eigenvalue weighted by Gasteiger charge is 2.25. The number of hydrogen-bond donors (Lipinski definition) is 2. The van der Waals surface area contributed by atoms with E-state index in [-0.39, 0.29) is 35.7 Å². The molecule has 0 spiro atoms. The first-order valence-corrected chi connectivity index (χ1v) is 10.7. The predicted molar refractivity (Wildman–Crippen MR) is 127 cm³/mol. The van der Waals surface area contributed by atoms with Gasteiger partial charge in [-0.25, -0.2) is 10.9 Å². The Morgan fingerprint density at radius 1 is 0.914 bits per heavy atom. The molecule has 0 aromatic heterocycles. The van der Waals surface area contributed by atoms with Crippen LogP contribution in [0.4, 0.5) is 11.4 Å². The SMILES string of the molecule is O=C(CN1CCC(C(=O)NN=Cc2cccc([N+](=O)[O-])c2)CC1)NN=Cc1cccc([N+](=O)[O-])c1. The average Bonchev–Trinajstić information content (AvgIpc) is 2.84. The number of benzene rings is 2. The zero-order valence-electron chi connectivity index (χ0n) is 18.6. The van der Waals surface area contributed by atoms with E-state index in [0.717, 1.165) is 0 Å². The minimum Gasteiger partial charge on any atom is -0.294 e. The standard InChI is InChI=1S/C22H23N7O6/c30-21(25-23-13-16-3-1-5-19(11-16)28(32)33)15-27-9-7-18(8-10-27)22(31)26-24-14-17-4-2-6-20(12-17)29(34)35/h1-6,11-14,18H,7-10,15H2,(H,25,30)(H,26,31). The van der Waals surface area contributed by atoms with E-state index in [4.69, 9.17) is 0 Å². The van der Waals surface area contributed by atoms with E-state index >= 15 is 0 Å². The number of nitro benzene ring substituents is 2. The van der Waals surface area contributed by atoms with Gasteiger partial charge in [0.2, 0.25) is 5.91 Å². The monoisotopic (exact) mass is 481 g/mol. The van der Waals surface area contributed by atoms with Gasteiger partial charge in [0.05, 0.1) is 28.8 Å². The smallest absolute Gasteiger partial charge is 0.270 e. The number of amides is 2. The van der Waals surface area contributed by atoms with E-state index in [0.29, 0.717) is 37.1 Å². The molecule has 182 valence electrons. The number of hydrazone groups is 2. The van der Waals surface area contributed by atoms with Crippen LogP contribution in [-0.4, -0.2) is 58.6 Å². The van der Waals surface area contributed by atoms with Crippen LogP contribution in [0.15, 0.2) is 58.7 Å². The van der Waals surface area contributed by atoms with E-state index in [1.165, 1.54) is 48.8 Å². The number of nitro groups is 2. The van der Waals surface area contributed by atoms with Crippen LogP contribution in [0, 0.1) is 26.1 Å². The molecule has 13 nitrogen and oxygen atoms in total. The third kappa shape index (κ3) is 7.78. The van der Waals surface area contributed by atoms with Gasteiger partial charge in [-0.3, -0.25) is 34.7 Å². The quantitative estimate of drug-likeness (QED) is 0.312. The van der Waals surface area contributed by atoms with Crippen LogP contribution >= 0.6 is 0 Å². The van der Waals surface area contributed by atoms with Gasteiger partial charge >= 0.3 is 0 Å². The number of nitrogens with one attached hydrogen (secondary N) is 2. The van der Waals surface area contributed by atoms with Gasteiger partial charge in [0.25, 0.3) is 17.3 Å². The number of hydrogen-bond acceptors (Lipinski definition) is 9. The van der Waals surface area contributed by atoms with Gasteiger partial charge in [-0.05, 0) is 25.9 Å². The van der Waals surface area contributed by atoms with Crippen molar-refractivity contribution in [3.05, 3.63) is 79.9 Å². The summed E-state index contributed by atoms with van der Waals surface area (Å²) in [7, 11) is 0. The zero-order chi connectivity index (χ0) is 25.2. The van der Waals surface area contributed by atoms with Crippen LogP contribution in [0.1, 0.15) is 24.0 Å². The second-order valence-electron chi connectivity index (χ2n) is 7.78. The fourth-order valence-electron chi connectivity index (χ4n) is 3.47. The predicted octanol–water partition coefficient (Wildman–Crippen LogP) is 1.82. The van der Waals surface area contributed by atoms with Gasteiger partial charge in [-0.1, -0.05) is 24.3 Å². The number of piperidine rings is 1. The summed E-state index contributed by atoms with van der Waals surface area (Å²) in [6, 6.07) is 11.8. The molecule has 0 atom stereocenters. The molecule has 0 bridgehead atoms. The van der Waals surface area contributed by atoms with Gasteiger partial charge in [-0.2, -0.15) is 10.2 Å². The largest absolute Gasteiger partial charge is 0.294 e. The summed E-state index contributed by atoms with van der Waals surface area (Å²) in [5.41, 5.74) is 5.70. The number of non-ortho nitro benzene ring substituents is 2. The molecule has 0 saturated carbocycles. The zero-order valence-corrected chi connectivity index (χ0v) is 18.6. The third-order valence-electron chi connectivity index (χ3n) is 5.28. The van der Waals surface area contributed by atoms with Crippen molar-refractivity contribution in [2.24, 2.45) is 16.1 Å². The van der Waals surface area contributed by atoms with Crippen molar-refractivity contribution in [3.8, 4) is 0 Å². The highest BCUT2D eigenvalue weighted by atomic mass is 16.6. The van der Waals surface area contributed by atoms with E-state index in [2.05, 4.69) is 21.1 Å². The normalized spacial score (nSPS) is 14.7. The van der Waals surface area contributed by atoms with Crippen molar-refractivity contribution in [2.75, 3.05) is 19.6 Å². The summed E-state index contributed by atoms with van der Waals surface area (Å²) in [4.78, 5) is 47.0.